The standard InChI is InChI=1S/C8H13N3S/c9-7-4-11-8(12-7)5-10-6-2-1-3-6/h4,6,10H,1-3,5,9H2. The molecular weight excluding hydrogens is 170 g/mol. The summed E-state index contributed by atoms with van der Waals surface area (Å²) in [6, 6.07) is 0.732. The first kappa shape index (κ1) is 8.01. The van der Waals surface area contributed by atoms with Gasteiger partial charge in [-0.05, 0) is 12.8 Å². The predicted octanol–water partition coefficient (Wildman–Crippen LogP) is 1.37. The molecular formula is C8H13N3S. The van der Waals surface area contributed by atoms with Crippen LogP contribution in [0.25, 0.3) is 0 Å². The fourth-order valence-electron chi connectivity index (χ4n) is 1.25. The molecule has 1 saturated carbocycles. The Morgan fingerprint density at radius 1 is 1.67 bits per heavy atom. The summed E-state index contributed by atoms with van der Waals surface area (Å²) in [7, 11) is 0. The quantitative estimate of drug-likeness (QED) is 0.744. The molecule has 0 saturated heterocycles. The molecule has 0 bridgehead atoms. The highest BCUT2D eigenvalue weighted by atomic mass is 32.1. The van der Waals surface area contributed by atoms with Crippen LogP contribution in [0, 0.1) is 0 Å². The van der Waals surface area contributed by atoms with Crippen LogP contribution in [-0.4, -0.2) is 11.0 Å². The lowest BCUT2D eigenvalue weighted by Gasteiger charge is -2.25. The minimum Gasteiger partial charge on any atom is -0.389 e. The summed E-state index contributed by atoms with van der Waals surface area (Å²) >= 11 is 1.57. The smallest absolute Gasteiger partial charge is 0.108 e. The van der Waals surface area contributed by atoms with E-state index in [9.17, 15) is 0 Å². The van der Waals surface area contributed by atoms with Gasteiger partial charge in [-0.25, -0.2) is 4.98 Å². The molecule has 0 atom stereocenters. The van der Waals surface area contributed by atoms with Crippen LogP contribution in [0.15, 0.2) is 6.20 Å². The molecule has 0 aromatic carbocycles. The topological polar surface area (TPSA) is 50.9 Å². The van der Waals surface area contributed by atoms with Crippen LogP contribution in [0.2, 0.25) is 0 Å². The number of nitrogens with one attached hydrogen (secondary N) is 1. The molecule has 1 aliphatic carbocycles. The van der Waals surface area contributed by atoms with Crippen LogP contribution >= 0.6 is 11.3 Å². The van der Waals surface area contributed by atoms with Crippen molar-refractivity contribution in [1.29, 1.82) is 0 Å². The number of hydrogen-bond acceptors (Lipinski definition) is 4. The van der Waals surface area contributed by atoms with Crippen molar-refractivity contribution in [2.45, 2.75) is 31.8 Å². The Bertz CT molecular complexity index is 255. The molecule has 0 radical (unpaired) electrons. The Labute approximate surface area is 76.0 Å². The highest BCUT2D eigenvalue weighted by Crippen LogP contribution is 2.20. The van der Waals surface area contributed by atoms with E-state index >= 15 is 0 Å². The highest BCUT2D eigenvalue weighted by Gasteiger charge is 2.16. The molecule has 1 aromatic heterocycles. The van der Waals surface area contributed by atoms with Crippen molar-refractivity contribution in [2.75, 3.05) is 5.73 Å². The van der Waals surface area contributed by atoms with Gasteiger partial charge in [0.1, 0.15) is 10.0 Å². The predicted molar refractivity (Wildman–Crippen MR) is 51.0 cm³/mol. The lowest BCUT2D eigenvalue weighted by atomic mass is 9.93. The molecule has 12 heavy (non-hydrogen) atoms. The van der Waals surface area contributed by atoms with E-state index in [0.717, 1.165) is 22.6 Å². The summed E-state index contributed by atoms with van der Waals surface area (Å²) in [5.41, 5.74) is 5.56. The van der Waals surface area contributed by atoms with E-state index < -0.39 is 0 Å². The van der Waals surface area contributed by atoms with Crippen LogP contribution in [0.1, 0.15) is 24.3 Å². The van der Waals surface area contributed by atoms with E-state index in [1.807, 2.05) is 0 Å². The molecule has 0 amide bonds. The Morgan fingerprint density at radius 2 is 2.50 bits per heavy atom. The molecule has 3 nitrogen and oxygen atoms in total. The average Bonchev–Trinajstić information content (AvgIpc) is 2.32. The maximum absolute atomic E-state index is 5.56. The van der Waals surface area contributed by atoms with Gasteiger partial charge in [0.2, 0.25) is 0 Å². The van der Waals surface area contributed by atoms with Crippen molar-refractivity contribution in [1.82, 2.24) is 10.3 Å². The second-order valence-corrected chi connectivity index (χ2v) is 4.31. The number of thiazole rings is 1. The molecule has 1 aliphatic rings. The average molecular weight is 183 g/mol. The van der Waals surface area contributed by atoms with E-state index in [1.54, 1.807) is 17.5 Å². The molecule has 2 rings (SSSR count). The van der Waals surface area contributed by atoms with Gasteiger partial charge in [0.15, 0.2) is 0 Å². The van der Waals surface area contributed by atoms with Crippen LogP contribution in [0.3, 0.4) is 0 Å². The second-order valence-electron chi connectivity index (χ2n) is 3.17. The van der Waals surface area contributed by atoms with Crippen molar-refractivity contribution < 1.29 is 0 Å². The molecule has 66 valence electrons. The van der Waals surface area contributed by atoms with Gasteiger partial charge in [0.25, 0.3) is 0 Å². The first-order valence-electron chi connectivity index (χ1n) is 4.28. The maximum Gasteiger partial charge on any atom is 0.108 e. The monoisotopic (exact) mass is 183 g/mol. The first-order valence-corrected chi connectivity index (χ1v) is 5.10. The summed E-state index contributed by atoms with van der Waals surface area (Å²) in [4.78, 5) is 4.18. The van der Waals surface area contributed by atoms with Crippen molar-refractivity contribution in [3.05, 3.63) is 11.2 Å². The molecule has 1 aromatic rings. The summed E-state index contributed by atoms with van der Waals surface area (Å²) in [5, 5.41) is 5.34. The van der Waals surface area contributed by atoms with Crippen LogP contribution in [0.4, 0.5) is 5.00 Å². The number of aromatic nitrogens is 1. The minimum absolute atomic E-state index is 0.732. The summed E-state index contributed by atoms with van der Waals surface area (Å²) in [5.74, 6) is 0. The third-order valence-electron chi connectivity index (χ3n) is 2.22. The van der Waals surface area contributed by atoms with Crippen molar-refractivity contribution in [2.24, 2.45) is 0 Å². The Kier molecular flexibility index (Phi) is 2.28. The SMILES string of the molecule is Nc1cnc(CNC2CCC2)s1. The van der Waals surface area contributed by atoms with E-state index in [1.165, 1.54) is 19.3 Å². The molecule has 0 unspecified atom stereocenters. The van der Waals surface area contributed by atoms with E-state index in [4.69, 9.17) is 5.73 Å². The third kappa shape index (κ3) is 1.76. The number of anilines is 1. The number of rotatable bonds is 3. The molecule has 3 N–H and O–H groups in total. The van der Waals surface area contributed by atoms with Gasteiger partial charge in [-0.3, -0.25) is 0 Å². The Hall–Kier alpha value is -0.610. The summed E-state index contributed by atoms with van der Waals surface area (Å²) in [6.07, 6.45) is 5.74. The van der Waals surface area contributed by atoms with E-state index in [0.29, 0.717) is 0 Å². The largest absolute Gasteiger partial charge is 0.389 e. The van der Waals surface area contributed by atoms with Crippen molar-refractivity contribution >= 4 is 16.3 Å². The van der Waals surface area contributed by atoms with Gasteiger partial charge < -0.3 is 11.1 Å². The van der Waals surface area contributed by atoms with Gasteiger partial charge in [0.05, 0.1) is 6.20 Å². The fourth-order valence-corrected chi connectivity index (χ4v) is 1.89. The van der Waals surface area contributed by atoms with Gasteiger partial charge in [-0.1, -0.05) is 6.42 Å². The molecule has 0 spiro atoms. The number of nitrogens with zero attached hydrogens (tertiary/aromatic N) is 1. The third-order valence-corrected chi connectivity index (χ3v) is 3.05. The summed E-state index contributed by atoms with van der Waals surface area (Å²) in [6.45, 7) is 0.881. The second kappa shape index (κ2) is 3.41. The minimum atomic E-state index is 0.732. The lowest BCUT2D eigenvalue weighted by molar-refractivity contribution is 0.338. The first-order chi connectivity index (χ1) is 5.84. The van der Waals surface area contributed by atoms with Crippen molar-refractivity contribution in [3.8, 4) is 0 Å². The Balaban J connectivity index is 1.79. The van der Waals surface area contributed by atoms with Gasteiger partial charge >= 0.3 is 0 Å². The molecule has 4 heteroatoms. The number of hydrogen-bond donors (Lipinski definition) is 2. The fraction of sp³-hybridized carbons (Fsp3) is 0.625. The maximum atomic E-state index is 5.56. The zero-order chi connectivity index (χ0) is 8.39. The zero-order valence-electron chi connectivity index (χ0n) is 6.92. The van der Waals surface area contributed by atoms with Crippen LogP contribution in [-0.2, 0) is 6.54 Å². The molecule has 1 fully saturated rings. The highest BCUT2D eigenvalue weighted by molar-refractivity contribution is 7.15. The van der Waals surface area contributed by atoms with E-state index in [-0.39, 0.29) is 0 Å². The lowest BCUT2D eigenvalue weighted by Crippen LogP contribution is -2.34. The van der Waals surface area contributed by atoms with Gasteiger partial charge in [-0.15, -0.1) is 11.3 Å². The Morgan fingerprint density at radius 3 is 3.00 bits per heavy atom. The zero-order valence-corrected chi connectivity index (χ0v) is 7.73. The molecule has 0 aliphatic heterocycles. The van der Waals surface area contributed by atoms with E-state index in [2.05, 4.69) is 10.3 Å². The number of nitrogen functional groups attached to an aromatic ring is 1. The normalized spacial score (nSPS) is 17.7. The van der Waals surface area contributed by atoms with Gasteiger partial charge in [0, 0.05) is 12.6 Å². The van der Waals surface area contributed by atoms with Crippen LogP contribution < -0.4 is 11.1 Å². The summed E-state index contributed by atoms with van der Waals surface area (Å²) < 4.78 is 0. The number of nitrogens with two attached hydrogens (primary N) is 1. The molecule has 1 heterocycles. The van der Waals surface area contributed by atoms with Crippen LogP contribution in [0.5, 0.6) is 0 Å². The van der Waals surface area contributed by atoms with Crippen molar-refractivity contribution in [3.63, 3.8) is 0 Å². The van der Waals surface area contributed by atoms with Gasteiger partial charge in [-0.2, -0.15) is 0 Å².